The van der Waals surface area contributed by atoms with Gasteiger partial charge in [0, 0.05) is 18.0 Å². The van der Waals surface area contributed by atoms with Crippen LogP contribution in [-0.2, 0) is 5.60 Å². The Labute approximate surface area is 104 Å². The molecule has 0 amide bonds. The number of nitrogens with zero attached hydrogens (tertiary/aromatic N) is 2. The van der Waals surface area contributed by atoms with E-state index in [0.717, 1.165) is 24.8 Å². The minimum Gasteiger partial charge on any atom is -0.385 e. The van der Waals surface area contributed by atoms with Gasteiger partial charge in [-0.25, -0.2) is 9.97 Å². The van der Waals surface area contributed by atoms with Gasteiger partial charge in [0.25, 0.3) is 0 Å². The first-order chi connectivity index (χ1) is 8.00. The van der Waals surface area contributed by atoms with Gasteiger partial charge in [-0.15, -0.1) is 0 Å². The molecule has 0 radical (unpaired) electrons. The lowest BCUT2D eigenvalue weighted by Gasteiger charge is -2.33. The maximum Gasteiger partial charge on any atom is 0.115 e. The van der Waals surface area contributed by atoms with Crippen molar-refractivity contribution in [1.29, 1.82) is 0 Å². The zero-order chi connectivity index (χ0) is 12.9. The predicted octanol–water partition coefficient (Wildman–Crippen LogP) is 3.15. The van der Waals surface area contributed by atoms with E-state index in [9.17, 15) is 5.11 Å². The van der Waals surface area contributed by atoms with Gasteiger partial charge in [0.05, 0.1) is 5.60 Å². The molecule has 0 aliphatic rings. The summed E-state index contributed by atoms with van der Waals surface area (Å²) < 4.78 is 0. The Balaban J connectivity index is 2.83. The molecular weight excluding hydrogens is 212 g/mol. The zero-order valence-corrected chi connectivity index (χ0v) is 11.3. The quantitative estimate of drug-likeness (QED) is 0.825. The van der Waals surface area contributed by atoms with Gasteiger partial charge < -0.3 is 5.11 Å². The highest BCUT2D eigenvalue weighted by Gasteiger charge is 2.33. The molecule has 17 heavy (non-hydrogen) atoms. The smallest absolute Gasteiger partial charge is 0.115 e. The van der Waals surface area contributed by atoms with Crippen LogP contribution in [0, 0.1) is 11.8 Å². The van der Waals surface area contributed by atoms with Gasteiger partial charge in [-0.2, -0.15) is 0 Å². The standard InChI is InChI=1S/C14H24N2O/c1-5-12(4)6-7-14(17,11(2)3)13-8-15-10-16-9-13/h8-12,17H,5-7H2,1-4H3. The van der Waals surface area contributed by atoms with Crippen molar-refractivity contribution in [2.45, 2.75) is 52.6 Å². The normalized spacial score (nSPS) is 16.8. The second-order valence-corrected chi connectivity index (χ2v) is 5.26. The Morgan fingerprint density at radius 1 is 1.24 bits per heavy atom. The van der Waals surface area contributed by atoms with Crippen LogP contribution < -0.4 is 0 Å². The fraction of sp³-hybridized carbons (Fsp3) is 0.714. The predicted molar refractivity (Wildman–Crippen MR) is 69.5 cm³/mol. The average Bonchev–Trinajstić information content (AvgIpc) is 2.36. The highest BCUT2D eigenvalue weighted by Crippen LogP contribution is 2.34. The van der Waals surface area contributed by atoms with E-state index >= 15 is 0 Å². The van der Waals surface area contributed by atoms with E-state index < -0.39 is 5.60 Å². The van der Waals surface area contributed by atoms with Crippen LogP contribution in [0.5, 0.6) is 0 Å². The van der Waals surface area contributed by atoms with Gasteiger partial charge in [0.1, 0.15) is 6.33 Å². The third-order valence-electron chi connectivity index (χ3n) is 3.73. The second-order valence-electron chi connectivity index (χ2n) is 5.26. The average molecular weight is 236 g/mol. The minimum absolute atomic E-state index is 0.164. The third-order valence-corrected chi connectivity index (χ3v) is 3.73. The van der Waals surface area contributed by atoms with Crippen LogP contribution in [-0.4, -0.2) is 15.1 Å². The topological polar surface area (TPSA) is 46.0 Å². The van der Waals surface area contributed by atoms with Gasteiger partial charge in [-0.3, -0.25) is 0 Å². The summed E-state index contributed by atoms with van der Waals surface area (Å²) >= 11 is 0. The van der Waals surface area contributed by atoms with Crippen molar-refractivity contribution in [2.75, 3.05) is 0 Å². The Morgan fingerprint density at radius 2 is 1.82 bits per heavy atom. The molecule has 2 unspecified atom stereocenters. The van der Waals surface area contributed by atoms with Gasteiger partial charge in [0.15, 0.2) is 0 Å². The molecular formula is C14H24N2O. The molecule has 0 saturated heterocycles. The molecule has 1 rings (SSSR count). The molecule has 0 saturated carbocycles. The van der Waals surface area contributed by atoms with Crippen LogP contribution in [0.2, 0.25) is 0 Å². The van der Waals surface area contributed by atoms with E-state index in [0.29, 0.717) is 5.92 Å². The Kier molecular flexibility index (Phi) is 5.06. The zero-order valence-electron chi connectivity index (χ0n) is 11.3. The summed E-state index contributed by atoms with van der Waals surface area (Å²) in [6.07, 6.45) is 7.90. The van der Waals surface area contributed by atoms with Crippen LogP contribution in [0.3, 0.4) is 0 Å². The first-order valence-electron chi connectivity index (χ1n) is 6.48. The lowest BCUT2D eigenvalue weighted by atomic mass is 9.79. The monoisotopic (exact) mass is 236 g/mol. The molecule has 0 fully saturated rings. The Bertz CT molecular complexity index is 326. The van der Waals surface area contributed by atoms with Gasteiger partial charge in [-0.1, -0.05) is 34.1 Å². The molecule has 0 bridgehead atoms. The largest absolute Gasteiger partial charge is 0.385 e. The molecule has 1 N–H and O–H groups in total. The van der Waals surface area contributed by atoms with Crippen molar-refractivity contribution in [3.8, 4) is 0 Å². The summed E-state index contributed by atoms with van der Waals surface area (Å²) in [6, 6.07) is 0. The molecule has 0 aliphatic heterocycles. The number of hydrogen-bond acceptors (Lipinski definition) is 3. The molecule has 0 spiro atoms. The van der Waals surface area contributed by atoms with Gasteiger partial charge in [0.2, 0.25) is 0 Å². The highest BCUT2D eigenvalue weighted by atomic mass is 16.3. The van der Waals surface area contributed by atoms with E-state index in [1.807, 2.05) is 13.8 Å². The number of aliphatic hydroxyl groups is 1. The first kappa shape index (κ1) is 14.1. The molecule has 0 aromatic carbocycles. The maximum absolute atomic E-state index is 10.8. The van der Waals surface area contributed by atoms with Crippen LogP contribution in [0.1, 0.15) is 52.5 Å². The molecule has 3 heteroatoms. The van der Waals surface area contributed by atoms with Crippen LogP contribution in [0.4, 0.5) is 0 Å². The van der Waals surface area contributed by atoms with Gasteiger partial charge >= 0.3 is 0 Å². The van der Waals surface area contributed by atoms with Crippen molar-refractivity contribution < 1.29 is 5.11 Å². The van der Waals surface area contributed by atoms with Crippen molar-refractivity contribution in [3.63, 3.8) is 0 Å². The fourth-order valence-corrected chi connectivity index (χ4v) is 1.96. The molecule has 3 nitrogen and oxygen atoms in total. The summed E-state index contributed by atoms with van der Waals surface area (Å²) in [5.41, 5.74) is 0.0309. The number of rotatable bonds is 6. The first-order valence-corrected chi connectivity index (χ1v) is 6.48. The van der Waals surface area contributed by atoms with Crippen molar-refractivity contribution in [2.24, 2.45) is 11.8 Å². The Morgan fingerprint density at radius 3 is 2.29 bits per heavy atom. The molecule has 0 aliphatic carbocycles. The summed E-state index contributed by atoms with van der Waals surface area (Å²) in [5, 5.41) is 10.8. The summed E-state index contributed by atoms with van der Waals surface area (Å²) in [4.78, 5) is 8.02. The maximum atomic E-state index is 10.8. The van der Waals surface area contributed by atoms with Crippen molar-refractivity contribution in [3.05, 3.63) is 24.3 Å². The fourth-order valence-electron chi connectivity index (χ4n) is 1.96. The van der Waals surface area contributed by atoms with E-state index in [2.05, 4.69) is 23.8 Å². The van der Waals surface area contributed by atoms with E-state index in [-0.39, 0.29) is 5.92 Å². The molecule has 1 aromatic heterocycles. The molecule has 96 valence electrons. The lowest BCUT2D eigenvalue weighted by Crippen LogP contribution is -2.32. The third kappa shape index (κ3) is 3.50. The summed E-state index contributed by atoms with van der Waals surface area (Å²) in [5.74, 6) is 0.808. The molecule has 1 aromatic rings. The number of aromatic nitrogens is 2. The summed E-state index contributed by atoms with van der Waals surface area (Å²) in [6.45, 7) is 8.50. The molecule has 2 atom stereocenters. The van der Waals surface area contributed by atoms with Crippen LogP contribution in [0.25, 0.3) is 0 Å². The van der Waals surface area contributed by atoms with Crippen molar-refractivity contribution >= 4 is 0 Å². The Hall–Kier alpha value is -0.960. The lowest BCUT2D eigenvalue weighted by molar-refractivity contribution is -0.0240. The van der Waals surface area contributed by atoms with E-state index in [1.54, 1.807) is 12.4 Å². The highest BCUT2D eigenvalue weighted by molar-refractivity contribution is 5.15. The SMILES string of the molecule is CCC(C)CCC(O)(c1cncnc1)C(C)C. The van der Waals surface area contributed by atoms with Crippen LogP contribution >= 0.6 is 0 Å². The van der Waals surface area contributed by atoms with Crippen molar-refractivity contribution in [1.82, 2.24) is 9.97 Å². The molecule has 1 heterocycles. The minimum atomic E-state index is -0.801. The van der Waals surface area contributed by atoms with Gasteiger partial charge in [-0.05, 0) is 24.7 Å². The van der Waals surface area contributed by atoms with E-state index in [4.69, 9.17) is 0 Å². The summed E-state index contributed by atoms with van der Waals surface area (Å²) in [7, 11) is 0. The van der Waals surface area contributed by atoms with Crippen LogP contribution in [0.15, 0.2) is 18.7 Å². The van der Waals surface area contributed by atoms with E-state index in [1.165, 1.54) is 6.33 Å². The second kappa shape index (κ2) is 6.10. The number of hydrogen-bond donors (Lipinski definition) is 1.